The first-order valence-electron chi connectivity index (χ1n) is 5.04. The fourth-order valence-corrected chi connectivity index (χ4v) is 1.43. The number of nitrogens with zero attached hydrogens (tertiary/aromatic N) is 2. The molecule has 2 N–H and O–H groups in total. The summed E-state index contributed by atoms with van der Waals surface area (Å²) in [5.74, 6) is -0.496. The summed E-state index contributed by atoms with van der Waals surface area (Å²) in [6, 6.07) is 5.62. The Bertz CT molecular complexity index is 533. The number of nitrogens with two attached hydrogens (primary N) is 1. The molecule has 0 aliphatic carbocycles. The summed E-state index contributed by atoms with van der Waals surface area (Å²) in [5.41, 5.74) is 6.74. The van der Waals surface area contributed by atoms with Crippen molar-refractivity contribution in [2.45, 2.75) is 6.92 Å². The highest BCUT2D eigenvalue weighted by molar-refractivity contribution is 6.03. The summed E-state index contributed by atoms with van der Waals surface area (Å²) in [6.45, 7) is 2.77. The van der Waals surface area contributed by atoms with Gasteiger partial charge in [-0.25, -0.2) is 0 Å². The van der Waals surface area contributed by atoms with E-state index in [1.54, 1.807) is 18.2 Å². The largest absolute Gasteiger partial charge is 0.423 e. The number of carbonyl (C=O) groups is 1. The van der Waals surface area contributed by atoms with Crippen molar-refractivity contribution >= 4 is 23.0 Å². The predicted octanol–water partition coefficient (Wildman–Crippen LogP) is 1.38. The van der Waals surface area contributed by atoms with E-state index in [0.29, 0.717) is 22.7 Å². The SMILES string of the molecule is CCN(C)c1nc2c(C(N)=O)cccc2o1. The van der Waals surface area contributed by atoms with Crippen molar-refractivity contribution < 1.29 is 9.21 Å². The Balaban J connectivity index is 2.61. The molecule has 5 nitrogen and oxygen atoms in total. The summed E-state index contributed by atoms with van der Waals surface area (Å²) >= 11 is 0. The number of para-hydroxylation sites is 1. The molecule has 1 amide bonds. The Morgan fingerprint density at radius 1 is 1.56 bits per heavy atom. The highest BCUT2D eigenvalue weighted by Crippen LogP contribution is 2.23. The molecule has 0 radical (unpaired) electrons. The van der Waals surface area contributed by atoms with Gasteiger partial charge in [0.2, 0.25) is 0 Å². The number of aromatic nitrogens is 1. The molecule has 0 saturated carbocycles. The Labute approximate surface area is 92.8 Å². The standard InChI is InChI=1S/C11H13N3O2/c1-3-14(2)11-13-9-7(10(12)15)5-4-6-8(9)16-11/h4-6H,3H2,1-2H3,(H2,12,15). The number of benzene rings is 1. The van der Waals surface area contributed by atoms with Crippen molar-refractivity contribution in [2.75, 3.05) is 18.5 Å². The lowest BCUT2D eigenvalue weighted by Gasteiger charge is -2.09. The van der Waals surface area contributed by atoms with Crippen molar-refractivity contribution in [1.82, 2.24) is 4.98 Å². The van der Waals surface area contributed by atoms with E-state index in [0.717, 1.165) is 6.54 Å². The van der Waals surface area contributed by atoms with Gasteiger partial charge in [-0.15, -0.1) is 0 Å². The third-order valence-corrected chi connectivity index (χ3v) is 2.47. The van der Waals surface area contributed by atoms with E-state index in [9.17, 15) is 4.79 Å². The number of carbonyl (C=O) groups excluding carboxylic acids is 1. The smallest absolute Gasteiger partial charge is 0.298 e. The predicted molar refractivity (Wildman–Crippen MR) is 61.5 cm³/mol. The maximum Gasteiger partial charge on any atom is 0.298 e. The number of primary amides is 1. The molecule has 16 heavy (non-hydrogen) atoms. The van der Waals surface area contributed by atoms with Crippen LogP contribution >= 0.6 is 0 Å². The highest BCUT2D eigenvalue weighted by Gasteiger charge is 2.14. The third kappa shape index (κ3) is 1.60. The first-order chi connectivity index (χ1) is 7.63. The van der Waals surface area contributed by atoms with E-state index in [4.69, 9.17) is 10.2 Å². The fourth-order valence-electron chi connectivity index (χ4n) is 1.43. The monoisotopic (exact) mass is 219 g/mol. The topological polar surface area (TPSA) is 72.4 Å². The van der Waals surface area contributed by atoms with Gasteiger partial charge in [0.15, 0.2) is 5.58 Å². The molecule has 1 aromatic heterocycles. The average molecular weight is 219 g/mol. The van der Waals surface area contributed by atoms with Crippen LogP contribution in [-0.4, -0.2) is 24.5 Å². The van der Waals surface area contributed by atoms with Crippen LogP contribution in [0, 0.1) is 0 Å². The van der Waals surface area contributed by atoms with Gasteiger partial charge in [-0.05, 0) is 19.1 Å². The van der Waals surface area contributed by atoms with Crippen molar-refractivity contribution in [3.63, 3.8) is 0 Å². The molecule has 0 atom stereocenters. The molecular weight excluding hydrogens is 206 g/mol. The maximum absolute atomic E-state index is 11.2. The van der Waals surface area contributed by atoms with Gasteiger partial charge in [-0.1, -0.05) is 6.07 Å². The molecule has 1 aromatic carbocycles. The summed E-state index contributed by atoms with van der Waals surface area (Å²) < 4.78 is 5.52. The van der Waals surface area contributed by atoms with E-state index in [2.05, 4.69) is 4.98 Å². The van der Waals surface area contributed by atoms with Crippen molar-refractivity contribution in [1.29, 1.82) is 0 Å². The molecule has 1 heterocycles. The lowest BCUT2D eigenvalue weighted by Crippen LogP contribution is -2.16. The molecule has 2 rings (SSSR count). The molecular formula is C11H13N3O2. The molecule has 0 fully saturated rings. The van der Waals surface area contributed by atoms with Gasteiger partial charge >= 0.3 is 0 Å². The zero-order chi connectivity index (χ0) is 11.7. The minimum absolute atomic E-state index is 0.386. The zero-order valence-electron chi connectivity index (χ0n) is 9.23. The molecule has 5 heteroatoms. The normalized spacial score (nSPS) is 10.6. The van der Waals surface area contributed by atoms with E-state index >= 15 is 0 Å². The number of fused-ring (bicyclic) bond motifs is 1. The van der Waals surface area contributed by atoms with E-state index in [1.807, 2.05) is 18.9 Å². The Kier molecular flexibility index (Phi) is 2.52. The van der Waals surface area contributed by atoms with Gasteiger partial charge < -0.3 is 15.1 Å². The summed E-state index contributed by atoms with van der Waals surface area (Å²) in [5, 5.41) is 0. The van der Waals surface area contributed by atoms with Crippen LogP contribution < -0.4 is 10.6 Å². The first kappa shape index (κ1) is 10.5. The van der Waals surface area contributed by atoms with Crippen molar-refractivity contribution in [3.8, 4) is 0 Å². The second kappa shape index (κ2) is 3.84. The quantitative estimate of drug-likeness (QED) is 0.846. The third-order valence-electron chi connectivity index (χ3n) is 2.47. The fraction of sp³-hybridized carbons (Fsp3) is 0.273. The van der Waals surface area contributed by atoms with Crippen LogP contribution in [0.4, 0.5) is 6.01 Å². The number of hydrogen-bond donors (Lipinski definition) is 1. The minimum atomic E-state index is -0.496. The van der Waals surface area contributed by atoms with E-state index in [1.165, 1.54) is 0 Å². The van der Waals surface area contributed by atoms with Crippen LogP contribution in [0.2, 0.25) is 0 Å². The number of hydrogen-bond acceptors (Lipinski definition) is 4. The maximum atomic E-state index is 11.2. The van der Waals surface area contributed by atoms with Gasteiger partial charge in [0.1, 0.15) is 5.52 Å². The second-order valence-corrected chi connectivity index (χ2v) is 3.53. The second-order valence-electron chi connectivity index (χ2n) is 3.53. The zero-order valence-corrected chi connectivity index (χ0v) is 9.23. The van der Waals surface area contributed by atoms with Crippen molar-refractivity contribution in [2.24, 2.45) is 5.73 Å². The summed E-state index contributed by atoms with van der Waals surface area (Å²) in [7, 11) is 1.87. The Morgan fingerprint density at radius 3 is 2.94 bits per heavy atom. The lowest BCUT2D eigenvalue weighted by atomic mass is 10.2. The summed E-state index contributed by atoms with van der Waals surface area (Å²) in [6.07, 6.45) is 0. The minimum Gasteiger partial charge on any atom is -0.423 e. The van der Waals surface area contributed by atoms with Crippen LogP contribution in [0.15, 0.2) is 22.6 Å². The molecule has 0 saturated heterocycles. The van der Waals surface area contributed by atoms with Crippen LogP contribution in [0.1, 0.15) is 17.3 Å². The Hall–Kier alpha value is -2.04. The van der Waals surface area contributed by atoms with Crippen molar-refractivity contribution in [3.05, 3.63) is 23.8 Å². The average Bonchev–Trinajstić information content (AvgIpc) is 2.70. The van der Waals surface area contributed by atoms with Gasteiger partial charge in [0, 0.05) is 13.6 Å². The first-order valence-corrected chi connectivity index (χ1v) is 5.04. The molecule has 0 aliphatic heterocycles. The van der Waals surface area contributed by atoms with Crippen LogP contribution in [0.3, 0.4) is 0 Å². The molecule has 0 unspecified atom stereocenters. The van der Waals surface area contributed by atoms with E-state index in [-0.39, 0.29) is 0 Å². The molecule has 2 aromatic rings. The van der Waals surface area contributed by atoms with Crippen LogP contribution in [0.5, 0.6) is 0 Å². The van der Waals surface area contributed by atoms with Gasteiger partial charge in [-0.2, -0.15) is 4.98 Å². The van der Waals surface area contributed by atoms with E-state index < -0.39 is 5.91 Å². The number of rotatable bonds is 3. The highest BCUT2D eigenvalue weighted by atomic mass is 16.4. The van der Waals surface area contributed by atoms with Crippen LogP contribution in [-0.2, 0) is 0 Å². The number of amides is 1. The molecule has 84 valence electrons. The van der Waals surface area contributed by atoms with Gasteiger partial charge in [-0.3, -0.25) is 4.79 Å². The lowest BCUT2D eigenvalue weighted by molar-refractivity contribution is 0.100. The van der Waals surface area contributed by atoms with Gasteiger partial charge in [0.25, 0.3) is 11.9 Å². The van der Waals surface area contributed by atoms with Crippen LogP contribution in [0.25, 0.3) is 11.1 Å². The molecule has 0 aliphatic rings. The summed E-state index contributed by atoms with van der Waals surface area (Å²) in [4.78, 5) is 17.3. The number of oxazole rings is 1. The Morgan fingerprint density at radius 2 is 2.31 bits per heavy atom. The molecule has 0 bridgehead atoms. The molecule has 0 spiro atoms. The number of anilines is 1. The van der Waals surface area contributed by atoms with Gasteiger partial charge in [0.05, 0.1) is 5.56 Å².